The molecule has 33 nitrogen and oxygen atoms in total. The van der Waals surface area contributed by atoms with Crippen molar-refractivity contribution in [1.29, 1.82) is 0 Å². The fraction of sp³-hybridized carbons (Fsp3) is 0.755. The Hall–Kier alpha value is -6.72. The Morgan fingerprint density at radius 3 is 2.05 bits per heavy atom. The fourth-order valence-corrected chi connectivity index (χ4v) is 10.7. The Morgan fingerprint density at radius 1 is 0.707 bits per heavy atom. The number of amides is 11. The Morgan fingerprint density at radius 2 is 1.38 bits per heavy atom. The van der Waals surface area contributed by atoms with Crippen LogP contribution in [0.25, 0.3) is 0 Å². The SMILES string of the molecule is NCCCCC(NC(=O)C(CO)NC(=O)C1CCNC2C(NC(=O)CCC(=O)O)CC3CC(O)C(O)CC3[NH+]12)C(=O)NCC(=O)NC(CCCN(O)C=O)C(=O)NC1CCCCNC(=O)C(CO)NC(=O)C(CCCN(O)C=O)NC1=O. The van der Waals surface area contributed by atoms with Gasteiger partial charge in [-0.05, 0) is 83.6 Å². The highest BCUT2D eigenvalue weighted by molar-refractivity contribution is 5.97. The molecule has 1 saturated carbocycles. The van der Waals surface area contributed by atoms with Crippen LogP contribution in [0, 0.1) is 5.92 Å². The van der Waals surface area contributed by atoms with E-state index in [0.717, 1.165) is 0 Å². The molecule has 0 aromatic carbocycles. The summed E-state index contributed by atoms with van der Waals surface area (Å²) in [7, 11) is 0. The molecule has 0 aromatic rings. The van der Waals surface area contributed by atoms with E-state index >= 15 is 0 Å². The van der Waals surface area contributed by atoms with Gasteiger partial charge in [0.05, 0.1) is 50.5 Å². The summed E-state index contributed by atoms with van der Waals surface area (Å²) in [5.41, 5.74) is 5.70. The summed E-state index contributed by atoms with van der Waals surface area (Å²) < 4.78 is 0. The number of carbonyl (C=O) groups excluding carboxylic acids is 11. The van der Waals surface area contributed by atoms with Crippen molar-refractivity contribution in [1.82, 2.24) is 63.3 Å². The van der Waals surface area contributed by atoms with Gasteiger partial charge in [0, 0.05) is 51.4 Å². The molecule has 11 amide bonds. The normalized spacial score (nSPS) is 26.8. The maximum absolute atomic E-state index is 14.3. The molecule has 14 unspecified atom stereocenters. The number of quaternary nitrogens is 1. The Labute approximate surface area is 472 Å². The van der Waals surface area contributed by atoms with E-state index in [1.807, 2.05) is 0 Å². The highest BCUT2D eigenvalue weighted by atomic mass is 16.5. The number of hydrogen-bond acceptors (Lipinski definition) is 20. The molecule has 82 heavy (non-hydrogen) atoms. The first-order valence-corrected chi connectivity index (χ1v) is 27.7. The second-order valence-electron chi connectivity index (χ2n) is 21.0. The number of piperidine rings is 1. The maximum atomic E-state index is 14.3. The number of carbonyl (C=O) groups is 12. The van der Waals surface area contributed by atoms with E-state index in [9.17, 15) is 88.4 Å². The summed E-state index contributed by atoms with van der Waals surface area (Å²) in [5.74, 6) is -8.97. The summed E-state index contributed by atoms with van der Waals surface area (Å²) >= 11 is 0. The molecule has 14 atom stereocenters. The number of fused-ring (bicyclic) bond motifs is 3. The van der Waals surface area contributed by atoms with Crippen LogP contribution in [0.2, 0.25) is 0 Å². The number of unbranched alkanes of at least 4 members (excludes halogenated alkanes) is 1. The van der Waals surface area contributed by atoms with E-state index in [0.29, 0.717) is 22.8 Å². The molecule has 0 radical (unpaired) electrons. The van der Waals surface area contributed by atoms with E-state index in [4.69, 9.17) is 10.8 Å². The van der Waals surface area contributed by atoms with Gasteiger partial charge in [0.25, 0.3) is 5.91 Å². The highest BCUT2D eigenvalue weighted by Crippen LogP contribution is 2.32. The molecule has 4 fully saturated rings. The van der Waals surface area contributed by atoms with E-state index in [1.165, 1.54) is 0 Å². The Bertz CT molecular complexity index is 2200. The van der Waals surface area contributed by atoms with Crippen LogP contribution in [0.15, 0.2) is 0 Å². The summed E-state index contributed by atoms with van der Waals surface area (Å²) in [6.07, 6.45) is -2.00. The number of aliphatic carboxylic acids is 1. The minimum absolute atomic E-state index is 0.0361. The molecular formula is C49H83N14O19+. The van der Waals surface area contributed by atoms with Crippen LogP contribution in [0.1, 0.15) is 103 Å². The fourth-order valence-electron chi connectivity index (χ4n) is 10.7. The van der Waals surface area contributed by atoms with E-state index in [-0.39, 0.29) is 140 Å². The van der Waals surface area contributed by atoms with Gasteiger partial charge in [-0.3, -0.25) is 73.3 Å². The number of carboxylic acid groups (broad SMARTS) is 1. The Balaban J connectivity index is 1.47. The number of hydroxylamine groups is 4. The zero-order chi connectivity index (χ0) is 60.5. The first-order chi connectivity index (χ1) is 39.1. The molecule has 20 N–H and O–H groups in total. The van der Waals surface area contributed by atoms with Gasteiger partial charge in [0.2, 0.25) is 60.1 Å². The minimum atomic E-state index is -1.62. The van der Waals surface area contributed by atoms with Crippen LogP contribution in [-0.4, -0.2) is 243 Å². The molecule has 1 aliphatic carbocycles. The van der Waals surface area contributed by atoms with Crippen LogP contribution in [0.3, 0.4) is 0 Å². The number of carboxylic acids is 1. The lowest BCUT2D eigenvalue weighted by atomic mass is 9.72. The van der Waals surface area contributed by atoms with Crippen molar-refractivity contribution in [2.75, 3.05) is 52.5 Å². The summed E-state index contributed by atoms with van der Waals surface area (Å²) in [6.45, 7) is -2.55. The molecule has 462 valence electrons. The largest absolute Gasteiger partial charge is 0.481 e. The Kier molecular flexibility index (Phi) is 28.6. The van der Waals surface area contributed by atoms with Crippen molar-refractivity contribution in [3.05, 3.63) is 0 Å². The predicted molar refractivity (Wildman–Crippen MR) is 279 cm³/mol. The lowest BCUT2D eigenvalue weighted by molar-refractivity contribution is -0.983. The molecule has 0 bridgehead atoms. The van der Waals surface area contributed by atoms with Gasteiger partial charge in [0.15, 0.2) is 12.2 Å². The molecule has 4 aliphatic rings. The third-order valence-corrected chi connectivity index (χ3v) is 15.0. The number of rotatable bonds is 30. The quantitative estimate of drug-likeness (QED) is 0.0137. The van der Waals surface area contributed by atoms with Crippen molar-refractivity contribution in [2.45, 2.75) is 175 Å². The molecule has 3 saturated heterocycles. The lowest BCUT2D eigenvalue weighted by Crippen LogP contribution is -3.29. The first-order valence-electron chi connectivity index (χ1n) is 27.7. The predicted octanol–water partition coefficient (Wildman–Crippen LogP) is -9.49. The van der Waals surface area contributed by atoms with Crippen LogP contribution in [0.5, 0.6) is 0 Å². The minimum Gasteiger partial charge on any atom is -0.481 e. The van der Waals surface area contributed by atoms with Gasteiger partial charge in [-0.15, -0.1) is 0 Å². The number of aliphatic hydroxyl groups is 4. The first kappa shape index (κ1) is 67.8. The van der Waals surface area contributed by atoms with Crippen molar-refractivity contribution in [2.24, 2.45) is 11.7 Å². The third kappa shape index (κ3) is 21.2. The monoisotopic (exact) mass is 1170 g/mol. The van der Waals surface area contributed by atoms with Gasteiger partial charge in [-0.1, -0.05) is 0 Å². The van der Waals surface area contributed by atoms with Gasteiger partial charge in [-0.2, -0.15) is 0 Å². The highest BCUT2D eigenvalue weighted by Gasteiger charge is 2.56. The average molecular weight is 1170 g/mol. The van der Waals surface area contributed by atoms with Gasteiger partial charge < -0.3 is 84.0 Å². The number of nitrogens with two attached hydrogens (primary N) is 1. The van der Waals surface area contributed by atoms with Crippen molar-refractivity contribution < 1.29 is 98.4 Å². The second-order valence-corrected chi connectivity index (χ2v) is 21.0. The number of nitrogens with one attached hydrogen (secondary N) is 11. The molecule has 0 aromatic heterocycles. The smallest absolute Gasteiger partial charge is 0.303 e. The molecular weight excluding hydrogens is 1090 g/mol. The number of aliphatic hydroxyl groups excluding tert-OH is 4. The van der Waals surface area contributed by atoms with Gasteiger partial charge in [-0.25, -0.2) is 10.1 Å². The van der Waals surface area contributed by atoms with Gasteiger partial charge in [0.1, 0.15) is 36.3 Å². The summed E-state index contributed by atoms with van der Waals surface area (Å²) in [5, 5.41) is 96.9. The molecule has 33 heteroatoms. The molecule has 4 rings (SSSR count). The topological polar surface area (TPSA) is 504 Å². The maximum Gasteiger partial charge on any atom is 0.303 e. The number of nitrogens with zero attached hydrogens (tertiary/aromatic N) is 2. The third-order valence-electron chi connectivity index (χ3n) is 15.0. The van der Waals surface area contributed by atoms with Crippen molar-refractivity contribution in [3.63, 3.8) is 0 Å². The summed E-state index contributed by atoms with van der Waals surface area (Å²) in [4.78, 5) is 156. The van der Waals surface area contributed by atoms with E-state index in [1.54, 1.807) is 0 Å². The van der Waals surface area contributed by atoms with Crippen molar-refractivity contribution >= 4 is 72.0 Å². The van der Waals surface area contributed by atoms with E-state index in [2.05, 4.69) is 53.2 Å². The number of hydrogen-bond donors (Lipinski definition) is 19. The zero-order valence-electron chi connectivity index (χ0n) is 45.6. The van der Waals surface area contributed by atoms with Crippen LogP contribution < -0.4 is 63.8 Å². The second kappa shape index (κ2) is 34.7. The van der Waals surface area contributed by atoms with Crippen LogP contribution in [0.4, 0.5) is 0 Å². The zero-order valence-corrected chi connectivity index (χ0v) is 45.6. The molecule has 3 heterocycles. The summed E-state index contributed by atoms with van der Waals surface area (Å²) in [6, 6.07) is -10.6. The van der Waals surface area contributed by atoms with Gasteiger partial charge >= 0.3 is 5.97 Å². The molecule has 0 spiro atoms. The lowest BCUT2D eigenvalue weighted by Gasteiger charge is -2.54. The van der Waals surface area contributed by atoms with Crippen molar-refractivity contribution in [3.8, 4) is 0 Å². The van der Waals surface area contributed by atoms with Crippen LogP contribution >= 0.6 is 0 Å². The van der Waals surface area contributed by atoms with Crippen LogP contribution in [-0.2, 0) is 57.5 Å². The average Bonchev–Trinajstić information content (AvgIpc) is 1.58. The standard InChI is InChI=1S/C49H82N14O19/c50-14-3-1-7-28(56-48(79)34(24-65)60-49(80)35-13-16-51-42-32(55-39(70)11-12-41(72)73)19-27-20-37(68)38(69)21-36(27)63(35)42)43(74)53-22-40(71)54-29(9-5-17-61(81)25-66)45(76)57-30-8-2-4-15-52-44(75)33(23-64)59-47(78)31(58-46(30)77)10-6-18-62(82)26-67/h25-38,42,51,64-65,68-69,81-82H,1-24,50H2,(H,52,75)(H,53,74)(H,54,71)(H,55,70)(H,56,79)(H,57,76)(H,58,77)(H,59,78)(H,60,80)(H,72,73)/p+1. The molecule has 3 aliphatic heterocycles. The van der Waals surface area contributed by atoms with E-state index < -0.39 is 158 Å².